The Kier molecular flexibility index (Phi) is 4.69. The summed E-state index contributed by atoms with van der Waals surface area (Å²) in [5.41, 5.74) is 15.4. The number of carbonyl (C=O) groups excluding carboxylic acids is 2. The average Bonchev–Trinajstić information content (AvgIpc) is 3.38. The first-order chi connectivity index (χ1) is 14.1. The summed E-state index contributed by atoms with van der Waals surface area (Å²) in [6, 6.07) is 10.9. The third kappa shape index (κ3) is 2.74. The molecule has 0 spiro atoms. The first kappa shape index (κ1) is 18.9. The Balaban J connectivity index is 2.04. The number of nitrogens with two attached hydrogens (primary N) is 2. The summed E-state index contributed by atoms with van der Waals surface area (Å²) in [6.45, 7) is 0.302. The number of aromatic amines is 1. The molecule has 148 valence electrons. The third-order valence-corrected chi connectivity index (χ3v) is 5.49. The van der Waals surface area contributed by atoms with E-state index < -0.39 is 5.41 Å². The maximum atomic E-state index is 12.2. The molecule has 0 bridgehead atoms. The summed E-state index contributed by atoms with van der Waals surface area (Å²) in [4.78, 5) is 24.4. The van der Waals surface area contributed by atoms with Gasteiger partial charge in [-0.3, -0.25) is 9.59 Å². The monoisotopic (exact) mass is 391 g/mol. The van der Waals surface area contributed by atoms with E-state index in [-0.39, 0.29) is 18.2 Å². The van der Waals surface area contributed by atoms with Crippen LogP contribution in [0.5, 0.6) is 0 Å². The molecule has 9 heteroatoms. The number of tetrazole rings is 1. The van der Waals surface area contributed by atoms with E-state index in [4.69, 9.17) is 11.5 Å². The van der Waals surface area contributed by atoms with Gasteiger partial charge in [0.2, 0.25) is 0 Å². The van der Waals surface area contributed by atoms with Crippen LogP contribution in [0.4, 0.5) is 0 Å². The zero-order chi connectivity index (χ0) is 20.6. The van der Waals surface area contributed by atoms with Crippen molar-refractivity contribution in [3.8, 4) is 11.1 Å². The number of nitrogens with zero attached hydrogens (tertiary/aromatic N) is 3. The molecular weight excluding hydrogens is 370 g/mol. The van der Waals surface area contributed by atoms with Gasteiger partial charge >= 0.3 is 0 Å². The molecule has 0 saturated carbocycles. The minimum absolute atomic E-state index is 0.0806. The molecule has 3 aromatic rings. The number of ketones is 1. The zero-order valence-corrected chi connectivity index (χ0v) is 15.9. The van der Waals surface area contributed by atoms with Gasteiger partial charge in [-0.1, -0.05) is 23.4 Å². The van der Waals surface area contributed by atoms with Crippen LogP contribution in [0.15, 0.2) is 36.4 Å². The van der Waals surface area contributed by atoms with Crippen LogP contribution in [-0.4, -0.2) is 52.5 Å². The maximum absolute atomic E-state index is 12.2. The van der Waals surface area contributed by atoms with Gasteiger partial charge in [-0.25, -0.2) is 0 Å². The van der Waals surface area contributed by atoms with Gasteiger partial charge in [0.15, 0.2) is 11.6 Å². The second-order valence-electron chi connectivity index (χ2n) is 6.91. The first-order valence-electron chi connectivity index (χ1n) is 9.25. The highest BCUT2D eigenvalue weighted by molar-refractivity contribution is 6.01. The third-order valence-electron chi connectivity index (χ3n) is 5.49. The van der Waals surface area contributed by atoms with Crippen molar-refractivity contribution in [3.63, 3.8) is 0 Å². The Morgan fingerprint density at radius 1 is 1.07 bits per heavy atom. The molecule has 4 rings (SSSR count). The highest BCUT2D eigenvalue weighted by Crippen LogP contribution is 2.53. The van der Waals surface area contributed by atoms with Crippen molar-refractivity contribution in [2.24, 2.45) is 11.5 Å². The quantitative estimate of drug-likeness (QED) is 0.443. The van der Waals surface area contributed by atoms with Crippen molar-refractivity contribution in [1.82, 2.24) is 25.9 Å². The molecule has 1 amide bonds. The van der Waals surface area contributed by atoms with Crippen molar-refractivity contribution in [2.75, 3.05) is 20.1 Å². The van der Waals surface area contributed by atoms with Gasteiger partial charge in [-0.15, -0.1) is 10.2 Å². The first-order valence-corrected chi connectivity index (χ1v) is 9.25. The Morgan fingerprint density at radius 2 is 1.72 bits per heavy atom. The van der Waals surface area contributed by atoms with Crippen LogP contribution in [0.1, 0.15) is 44.1 Å². The maximum Gasteiger partial charge on any atom is 0.251 e. The largest absolute Gasteiger partial charge is 0.355 e. The topological polar surface area (TPSA) is 153 Å². The molecule has 0 fully saturated rings. The number of H-pyrrole nitrogens is 1. The number of aromatic nitrogens is 4. The molecule has 1 heterocycles. The van der Waals surface area contributed by atoms with E-state index in [1.54, 1.807) is 19.2 Å². The van der Waals surface area contributed by atoms with Crippen LogP contribution in [0.3, 0.4) is 0 Å². The molecule has 9 nitrogen and oxygen atoms in total. The van der Waals surface area contributed by atoms with E-state index in [9.17, 15) is 9.59 Å². The second-order valence-corrected chi connectivity index (χ2v) is 6.91. The number of amides is 1. The molecule has 1 aliphatic carbocycles. The predicted octanol–water partition coefficient (Wildman–Crippen LogP) is 0.364. The van der Waals surface area contributed by atoms with Crippen LogP contribution < -0.4 is 16.8 Å². The number of fused-ring (bicyclic) bond motifs is 3. The summed E-state index contributed by atoms with van der Waals surface area (Å²) < 4.78 is 0. The molecule has 1 atom stereocenters. The fourth-order valence-electron chi connectivity index (χ4n) is 4.18. The normalized spacial score (nSPS) is 16.9. The Bertz CT molecular complexity index is 1030. The average molecular weight is 391 g/mol. The number of hydrogen-bond acceptors (Lipinski definition) is 7. The molecule has 2 aromatic carbocycles. The summed E-state index contributed by atoms with van der Waals surface area (Å²) in [6.07, 6.45) is 0.538. The lowest BCUT2D eigenvalue weighted by molar-refractivity contribution is 0.0961. The molecule has 1 unspecified atom stereocenters. The standard InChI is InChI=1S/C20H21N7O2/c1-23-18(29)12-3-5-16-14(9-12)13-8-11(17(28)10-22)2-4-15(13)20(16,6-7-21)19-24-26-27-25-19/h2-5,8-9H,6-7,10,21-22H2,1H3,(H,23,29)(H,24,25,26,27). The Labute approximate surface area is 166 Å². The Hall–Kier alpha value is -3.43. The summed E-state index contributed by atoms with van der Waals surface area (Å²) in [5.74, 6) is 0.140. The van der Waals surface area contributed by atoms with Crippen LogP contribution in [0.25, 0.3) is 11.1 Å². The number of Topliss-reactive ketones (excluding diaryl/α,β-unsaturated/α-hetero) is 1. The highest BCUT2D eigenvalue weighted by atomic mass is 16.1. The van der Waals surface area contributed by atoms with Crippen molar-refractivity contribution in [2.45, 2.75) is 11.8 Å². The van der Waals surface area contributed by atoms with E-state index in [1.807, 2.05) is 24.3 Å². The van der Waals surface area contributed by atoms with E-state index in [1.165, 1.54) is 0 Å². The summed E-state index contributed by atoms with van der Waals surface area (Å²) in [7, 11) is 1.58. The van der Waals surface area contributed by atoms with Crippen molar-refractivity contribution < 1.29 is 9.59 Å². The molecule has 29 heavy (non-hydrogen) atoms. The lowest BCUT2D eigenvalue weighted by atomic mass is 9.74. The smallest absolute Gasteiger partial charge is 0.251 e. The van der Waals surface area contributed by atoms with Gasteiger partial charge in [0, 0.05) is 18.2 Å². The highest BCUT2D eigenvalue weighted by Gasteiger charge is 2.47. The number of rotatable bonds is 6. The van der Waals surface area contributed by atoms with Crippen molar-refractivity contribution in [1.29, 1.82) is 0 Å². The molecule has 6 N–H and O–H groups in total. The lowest BCUT2D eigenvalue weighted by Gasteiger charge is -2.28. The number of hydrogen-bond donors (Lipinski definition) is 4. The SMILES string of the molecule is CNC(=O)c1ccc2c(c1)-c1cc(C(=O)CN)ccc1C2(CCN)c1nn[nH]n1. The Morgan fingerprint density at radius 3 is 2.28 bits per heavy atom. The predicted molar refractivity (Wildman–Crippen MR) is 106 cm³/mol. The van der Waals surface area contributed by atoms with Crippen molar-refractivity contribution in [3.05, 3.63) is 64.5 Å². The number of nitrogens with one attached hydrogen (secondary N) is 2. The molecular formula is C20H21N7O2. The molecule has 0 radical (unpaired) electrons. The van der Waals surface area contributed by atoms with Crippen LogP contribution in [-0.2, 0) is 5.41 Å². The second kappa shape index (κ2) is 7.19. The van der Waals surface area contributed by atoms with Crippen LogP contribution in [0.2, 0.25) is 0 Å². The fraction of sp³-hybridized carbons (Fsp3) is 0.250. The summed E-state index contributed by atoms with van der Waals surface area (Å²) >= 11 is 0. The van der Waals surface area contributed by atoms with Gasteiger partial charge in [-0.05, 0) is 53.4 Å². The van der Waals surface area contributed by atoms with Gasteiger partial charge < -0.3 is 16.8 Å². The van der Waals surface area contributed by atoms with E-state index in [0.29, 0.717) is 29.9 Å². The van der Waals surface area contributed by atoms with Gasteiger partial charge in [0.25, 0.3) is 5.91 Å². The molecule has 1 aromatic heterocycles. The van der Waals surface area contributed by atoms with Gasteiger partial charge in [0.05, 0.1) is 12.0 Å². The van der Waals surface area contributed by atoms with Gasteiger partial charge in [0.1, 0.15) is 0 Å². The summed E-state index contributed by atoms with van der Waals surface area (Å²) in [5, 5.41) is 17.4. The minimum atomic E-state index is -0.724. The molecule has 0 saturated heterocycles. The molecule has 0 aliphatic heterocycles. The van der Waals surface area contributed by atoms with E-state index in [2.05, 4.69) is 25.9 Å². The van der Waals surface area contributed by atoms with E-state index in [0.717, 1.165) is 22.3 Å². The fourth-order valence-corrected chi connectivity index (χ4v) is 4.18. The lowest BCUT2D eigenvalue weighted by Crippen LogP contribution is -2.31. The zero-order valence-electron chi connectivity index (χ0n) is 15.9. The van der Waals surface area contributed by atoms with Gasteiger partial charge in [-0.2, -0.15) is 5.21 Å². The van der Waals surface area contributed by atoms with Crippen LogP contribution in [0, 0.1) is 0 Å². The number of benzene rings is 2. The van der Waals surface area contributed by atoms with Crippen LogP contribution >= 0.6 is 0 Å². The number of carbonyl (C=O) groups is 2. The minimum Gasteiger partial charge on any atom is -0.355 e. The molecule has 1 aliphatic rings. The van der Waals surface area contributed by atoms with Crippen molar-refractivity contribution >= 4 is 11.7 Å². The van der Waals surface area contributed by atoms with E-state index >= 15 is 0 Å².